The molecule has 0 fully saturated rings. The van der Waals surface area contributed by atoms with Gasteiger partial charge in [-0.15, -0.1) is 0 Å². The number of hydrogen-bond acceptors (Lipinski definition) is 1. The summed E-state index contributed by atoms with van der Waals surface area (Å²) in [6.07, 6.45) is 0. The summed E-state index contributed by atoms with van der Waals surface area (Å²) in [5.74, 6) is 1.70. The van der Waals surface area contributed by atoms with Gasteiger partial charge in [0.2, 0.25) is 0 Å². The van der Waals surface area contributed by atoms with Crippen LogP contribution in [0.2, 0.25) is 0 Å². The zero-order valence-electron chi connectivity index (χ0n) is 30.4. The lowest BCUT2D eigenvalue weighted by molar-refractivity contribution is 0.487. The summed E-state index contributed by atoms with van der Waals surface area (Å²) >= 11 is 0. The highest BCUT2D eigenvalue weighted by Gasteiger charge is 2.24. The van der Waals surface area contributed by atoms with E-state index in [-0.39, 0.29) is 0 Å². The van der Waals surface area contributed by atoms with Crippen molar-refractivity contribution < 1.29 is 4.74 Å². The molecular formula is C54H33NO. The van der Waals surface area contributed by atoms with Gasteiger partial charge in [0.1, 0.15) is 11.5 Å². The van der Waals surface area contributed by atoms with Crippen molar-refractivity contribution in [1.29, 1.82) is 0 Å². The standard InChI is InChI=1S/C54H33NO/c1-2-16-37-34(14-1)15-13-24-43(37)54-46-22-5-3-20-44(46)53(45-21-4-6-23-47(45)54)35-28-30-38-42-31-29-36(33-52(42)56-51-27-12-9-19-41(51)48(38)32-35)55-49-25-10-7-17-39(49)40-18-8-11-26-50(40)55/h1-33H. The molecule has 0 radical (unpaired) electrons. The molecule has 260 valence electrons. The Balaban J connectivity index is 1.09. The van der Waals surface area contributed by atoms with Gasteiger partial charge < -0.3 is 9.30 Å². The Morgan fingerprint density at radius 2 is 0.821 bits per heavy atom. The van der Waals surface area contributed by atoms with E-state index in [1.807, 2.05) is 0 Å². The lowest BCUT2D eigenvalue weighted by atomic mass is 9.83. The highest BCUT2D eigenvalue weighted by Crippen LogP contribution is 2.51. The summed E-state index contributed by atoms with van der Waals surface area (Å²) in [7, 11) is 0. The fourth-order valence-corrected chi connectivity index (χ4v) is 9.38. The quantitative estimate of drug-likeness (QED) is 0.166. The molecule has 0 unspecified atom stereocenters. The third-order valence-corrected chi connectivity index (χ3v) is 11.8. The second kappa shape index (κ2) is 12.0. The Bertz CT molecular complexity index is 3290. The van der Waals surface area contributed by atoms with Gasteiger partial charge in [0.15, 0.2) is 0 Å². The lowest BCUT2D eigenvalue weighted by Gasteiger charge is -2.20. The number of rotatable bonds is 3. The third-order valence-electron chi connectivity index (χ3n) is 11.8. The minimum atomic E-state index is 0.846. The average Bonchev–Trinajstić information content (AvgIpc) is 3.52. The van der Waals surface area contributed by atoms with Crippen molar-refractivity contribution in [2.75, 3.05) is 0 Å². The van der Waals surface area contributed by atoms with Crippen LogP contribution in [0.15, 0.2) is 200 Å². The fourth-order valence-electron chi connectivity index (χ4n) is 9.38. The van der Waals surface area contributed by atoms with Crippen LogP contribution in [0.4, 0.5) is 0 Å². The predicted octanol–water partition coefficient (Wildman–Crippen LogP) is 15.0. The Morgan fingerprint density at radius 3 is 1.54 bits per heavy atom. The minimum absolute atomic E-state index is 0.846. The maximum absolute atomic E-state index is 6.92. The molecule has 0 N–H and O–H groups in total. The lowest BCUT2D eigenvalue weighted by Crippen LogP contribution is -1.95. The van der Waals surface area contributed by atoms with Crippen LogP contribution in [0.5, 0.6) is 11.5 Å². The van der Waals surface area contributed by atoms with Crippen molar-refractivity contribution in [2.45, 2.75) is 0 Å². The Kier molecular flexibility index (Phi) is 6.66. The first kappa shape index (κ1) is 31.0. The van der Waals surface area contributed by atoms with E-state index in [0.29, 0.717) is 0 Å². The number of nitrogens with zero attached hydrogens (tertiary/aromatic N) is 1. The first-order valence-electron chi connectivity index (χ1n) is 19.3. The van der Waals surface area contributed by atoms with Gasteiger partial charge in [-0.2, -0.15) is 0 Å². The van der Waals surface area contributed by atoms with E-state index < -0.39 is 0 Å². The first-order valence-corrected chi connectivity index (χ1v) is 19.3. The topological polar surface area (TPSA) is 14.2 Å². The van der Waals surface area contributed by atoms with Gasteiger partial charge in [0.25, 0.3) is 0 Å². The molecule has 56 heavy (non-hydrogen) atoms. The molecule has 2 nitrogen and oxygen atoms in total. The van der Waals surface area contributed by atoms with Crippen molar-refractivity contribution in [1.82, 2.24) is 4.57 Å². The molecule has 1 aliphatic rings. The van der Waals surface area contributed by atoms with Crippen molar-refractivity contribution in [3.05, 3.63) is 200 Å². The predicted molar refractivity (Wildman–Crippen MR) is 235 cm³/mol. The van der Waals surface area contributed by atoms with Crippen molar-refractivity contribution in [2.24, 2.45) is 0 Å². The summed E-state index contributed by atoms with van der Waals surface area (Å²) in [6, 6.07) is 72.7. The van der Waals surface area contributed by atoms with Gasteiger partial charge in [-0.1, -0.05) is 158 Å². The summed E-state index contributed by atoms with van der Waals surface area (Å²) in [4.78, 5) is 0. The fraction of sp³-hybridized carbons (Fsp3) is 0. The van der Waals surface area contributed by atoms with Gasteiger partial charge in [0.05, 0.1) is 11.0 Å². The van der Waals surface area contributed by atoms with E-state index in [9.17, 15) is 0 Å². The highest BCUT2D eigenvalue weighted by atomic mass is 16.5. The van der Waals surface area contributed by atoms with Crippen LogP contribution in [-0.4, -0.2) is 4.57 Å². The van der Waals surface area contributed by atoms with Crippen LogP contribution in [0.1, 0.15) is 0 Å². The number of benzene rings is 10. The molecule has 0 saturated heterocycles. The first-order chi connectivity index (χ1) is 27.8. The molecule has 12 rings (SSSR count). The molecule has 0 spiro atoms. The molecule has 0 saturated carbocycles. The molecule has 0 amide bonds. The van der Waals surface area contributed by atoms with E-state index in [1.54, 1.807) is 0 Å². The molecule has 11 aromatic rings. The molecule has 0 aliphatic carbocycles. The molecule has 1 aliphatic heterocycles. The highest BCUT2D eigenvalue weighted by molar-refractivity contribution is 6.23. The van der Waals surface area contributed by atoms with E-state index in [2.05, 4.69) is 205 Å². The van der Waals surface area contributed by atoms with Crippen molar-refractivity contribution >= 4 is 54.1 Å². The number of hydrogen-bond donors (Lipinski definition) is 0. The summed E-state index contributed by atoms with van der Waals surface area (Å²) in [6.45, 7) is 0. The monoisotopic (exact) mass is 711 g/mol. The van der Waals surface area contributed by atoms with Gasteiger partial charge >= 0.3 is 0 Å². The molecule has 2 heteroatoms. The Hall–Kier alpha value is -7.42. The molecule has 10 aromatic carbocycles. The van der Waals surface area contributed by atoms with Crippen LogP contribution >= 0.6 is 0 Å². The van der Waals surface area contributed by atoms with Crippen LogP contribution < -0.4 is 4.74 Å². The molecule has 2 heterocycles. The number of para-hydroxylation sites is 3. The Morgan fingerprint density at radius 1 is 0.304 bits per heavy atom. The zero-order chi connectivity index (χ0) is 36.7. The van der Waals surface area contributed by atoms with E-state index in [4.69, 9.17) is 4.74 Å². The molecule has 1 aromatic heterocycles. The second-order valence-corrected chi connectivity index (χ2v) is 14.8. The number of ether oxygens (including phenoxy) is 1. The molecule has 0 atom stereocenters. The minimum Gasteiger partial charge on any atom is -0.456 e. The normalized spacial score (nSPS) is 12.1. The molecule has 0 bridgehead atoms. The van der Waals surface area contributed by atoms with Crippen LogP contribution in [0.3, 0.4) is 0 Å². The second-order valence-electron chi connectivity index (χ2n) is 14.8. The van der Waals surface area contributed by atoms with Crippen LogP contribution in [-0.2, 0) is 0 Å². The van der Waals surface area contributed by atoms with Crippen LogP contribution in [0.25, 0.3) is 104 Å². The van der Waals surface area contributed by atoms with Gasteiger partial charge in [-0.3, -0.25) is 0 Å². The summed E-state index contributed by atoms with van der Waals surface area (Å²) in [5, 5.41) is 9.97. The Labute approximate surface area is 324 Å². The van der Waals surface area contributed by atoms with E-state index in [1.165, 1.54) is 76.4 Å². The SMILES string of the molecule is c1ccc2c(c1)Oc1cc(-n3c4ccccc4c4ccccc43)ccc1-c1ccc(-c3c4ccccc4c(-c4cccc5ccccc45)c4ccccc34)cc1-2. The number of fused-ring (bicyclic) bond motifs is 11. The smallest absolute Gasteiger partial charge is 0.137 e. The molecular weight excluding hydrogens is 679 g/mol. The summed E-state index contributed by atoms with van der Waals surface area (Å²) in [5.41, 5.74) is 12.9. The van der Waals surface area contributed by atoms with Gasteiger partial charge in [0, 0.05) is 33.7 Å². The largest absolute Gasteiger partial charge is 0.456 e. The maximum atomic E-state index is 6.92. The maximum Gasteiger partial charge on any atom is 0.137 e. The van der Waals surface area contributed by atoms with Crippen molar-refractivity contribution in [3.63, 3.8) is 0 Å². The van der Waals surface area contributed by atoms with E-state index in [0.717, 1.165) is 39.4 Å². The summed E-state index contributed by atoms with van der Waals surface area (Å²) < 4.78 is 9.27. The third kappa shape index (κ3) is 4.50. The van der Waals surface area contributed by atoms with Crippen molar-refractivity contribution in [3.8, 4) is 61.7 Å². The average molecular weight is 712 g/mol. The van der Waals surface area contributed by atoms with Gasteiger partial charge in [-0.25, -0.2) is 0 Å². The number of aromatic nitrogens is 1. The van der Waals surface area contributed by atoms with E-state index >= 15 is 0 Å². The van der Waals surface area contributed by atoms with Gasteiger partial charge in [-0.05, 0) is 102 Å². The zero-order valence-corrected chi connectivity index (χ0v) is 30.4. The van der Waals surface area contributed by atoms with Crippen LogP contribution in [0, 0.1) is 0 Å².